The van der Waals surface area contributed by atoms with Crippen molar-refractivity contribution in [2.24, 2.45) is 5.92 Å². The van der Waals surface area contributed by atoms with Crippen LogP contribution in [-0.2, 0) is 0 Å². The largest absolute Gasteiger partial charge is 0.369 e. The smallest absolute Gasteiger partial charge is 0.151 e. The maximum absolute atomic E-state index is 5.59. The molecule has 1 N–H and O–H groups in total. The van der Waals surface area contributed by atoms with E-state index in [1.807, 2.05) is 6.07 Å². The molecule has 1 heterocycles. The number of halogens is 1. The Bertz CT molecular complexity index is 246. The molecule has 1 aromatic rings. The van der Waals surface area contributed by atoms with Gasteiger partial charge in [0.1, 0.15) is 5.82 Å². The summed E-state index contributed by atoms with van der Waals surface area (Å²) in [5.41, 5.74) is 0. The molecule has 0 aliphatic carbocycles. The second-order valence-corrected chi connectivity index (χ2v) is 3.74. The van der Waals surface area contributed by atoms with Gasteiger partial charge >= 0.3 is 0 Å². The first kappa shape index (κ1) is 10.3. The highest BCUT2D eigenvalue weighted by atomic mass is 35.5. The lowest BCUT2D eigenvalue weighted by molar-refractivity contribution is 0.606. The van der Waals surface area contributed by atoms with E-state index in [0.717, 1.165) is 18.8 Å². The molecule has 0 aromatic carbocycles. The predicted octanol–water partition coefficient (Wildman–Crippen LogP) is 2.59. The second kappa shape index (κ2) is 5.02. The van der Waals surface area contributed by atoms with Crippen molar-refractivity contribution < 1.29 is 0 Å². The molecular weight excluding hydrogens is 186 g/mol. The van der Waals surface area contributed by atoms with Crippen molar-refractivity contribution in [3.63, 3.8) is 0 Å². The van der Waals surface area contributed by atoms with Crippen molar-refractivity contribution in [1.82, 2.24) is 10.2 Å². The minimum absolute atomic E-state index is 0.425. The first-order chi connectivity index (χ1) is 6.18. The van der Waals surface area contributed by atoms with Gasteiger partial charge in [0.25, 0.3) is 0 Å². The van der Waals surface area contributed by atoms with Gasteiger partial charge in [0.05, 0.1) is 0 Å². The number of anilines is 1. The number of hydrogen-bond donors (Lipinski definition) is 1. The lowest BCUT2D eigenvalue weighted by atomic mass is 10.1. The van der Waals surface area contributed by atoms with Crippen molar-refractivity contribution in [2.75, 3.05) is 11.9 Å². The summed E-state index contributed by atoms with van der Waals surface area (Å²) >= 11 is 5.59. The third-order valence-corrected chi connectivity index (χ3v) is 1.86. The molecule has 72 valence electrons. The van der Waals surface area contributed by atoms with E-state index in [1.165, 1.54) is 0 Å². The molecule has 4 heteroatoms. The number of aromatic nitrogens is 2. The molecular formula is C9H14ClN3. The summed E-state index contributed by atoms with van der Waals surface area (Å²) in [6.07, 6.45) is 1.13. The highest BCUT2D eigenvalue weighted by Gasteiger charge is 1.96. The normalized spacial score (nSPS) is 10.5. The lowest BCUT2D eigenvalue weighted by Gasteiger charge is -2.06. The van der Waals surface area contributed by atoms with E-state index in [2.05, 4.69) is 29.4 Å². The Balaban J connectivity index is 2.33. The SMILES string of the molecule is CC(C)CCNc1ccc(Cl)nn1. The van der Waals surface area contributed by atoms with Crippen LogP contribution in [0.15, 0.2) is 12.1 Å². The average molecular weight is 200 g/mol. The Morgan fingerprint density at radius 2 is 2.15 bits per heavy atom. The molecule has 1 aromatic heterocycles. The van der Waals surface area contributed by atoms with Gasteiger partial charge in [-0.1, -0.05) is 25.4 Å². The van der Waals surface area contributed by atoms with Gasteiger partial charge < -0.3 is 5.32 Å². The number of nitrogens with zero attached hydrogens (tertiary/aromatic N) is 2. The van der Waals surface area contributed by atoms with Crippen molar-refractivity contribution in [1.29, 1.82) is 0 Å². The minimum Gasteiger partial charge on any atom is -0.369 e. The van der Waals surface area contributed by atoms with Gasteiger partial charge in [0.2, 0.25) is 0 Å². The van der Waals surface area contributed by atoms with Crippen molar-refractivity contribution in [3.05, 3.63) is 17.3 Å². The first-order valence-electron chi connectivity index (χ1n) is 4.41. The van der Waals surface area contributed by atoms with Crippen LogP contribution in [-0.4, -0.2) is 16.7 Å². The van der Waals surface area contributed by atoms with Gasteiger partial charge in [-0.3, -0.25) is 0 Å². The summed E-state index contributed by atoms with van der Waals surface area (Å²) in [7, 11) is 0. The van der Waals surface area contributed by atoms with Gasteiger partial charge in [-0.25, -0.2) is 0 Å². The Morgan fingerprint density at radius 1 is 1.38 bits per heavy atom. The van der Waals surface area contributed by atoms with Crippen LogP contribution in [0.3, 0.4) is 0 Å². The second-order valence-electron chi connectivity index (χ2n) is 3.35. The standard InChI is InChI=1S/C9H14ClN3/c1-7(2)5-6-11-9-4-3-8(10)12-13-9/h3-4,7H,5-6H2,1-2H3,(H,11,13). The van der Waals surface area contributed by atoms with E-state index in [4.69, 9.17) is 11.6 Å². The van der Waals surface area contributed by atoms with Gasteiger partial charge in [0.15, 0.2) is 5.15 Å². The Hall–Kier alpha value is -0.830. The van der Waals surface area contributed by atoms with E-state index in [9.17, 15) is 0 Å². The molecule has 0 saturated carbocycles. The quantitative estimate of drug-likeness (QED) is 0.810. The van der Waals surface area contributed by atoms with Crippen LogP contribution in [0.4, 0.5) is 5.82 Å². The van der Waals surface area contributed by atoms with Crippen LogP contribution in [0.2, 0.25) is 5.15 Å². The third-order valence-electron chi connectivity index (χ3n) is 1.66. The average Bonchev–Trinajstić information content (AvgIpc) is 2.08. The van der Waals surface area contributed by atoms with E-state index >= 15 is 0 Å². The van der Waals surface area contributed by atoms with Crippen LogP contribution >= 0.6 is 11.6 Å². The molecule has 0 aliphatic heterocycles. The Morgan fingerprint density at radius 3 is 2.69 bits per heavy atom. The van der Waals surface area contributed by atoms with E-state index in [0.29, 0.717) is 11.1 Å². The summed E-state index contributed by atoms with van der Waals surface area (Å²) in [5.74, 6) is 1.48. The molecule has 0 radical (unpaired) electrons. The molecule has 1 rings (SSSR count). The molecule has 0 amide bonds. The predicted molar refractivity (Wildman–Crippen MR) is 55.0 cm³/mol. The maximum Gasteiger partial charge on any atom is 0.151 e. The zero-order chi connectivity index (χ0) is 9.68. The van der Waals surface area contributed by atoms with Gasteiger partial charge in [-0.05, 0) is 24.5 Å². The number of hydrogen-bond acceptors (Lipinski definition) is 3. The van der Waals surface area contributed by atoms with Crippen LogP contribution in [0, 0.1) is 5.92 Å². The fraction of sp³-hybridized carbons (Fsp3) is 0.556. The van der Waals surface area contributed by atoms with E-state index < -0.39 is 0 Å². The Kier molecular flexibility index (Phi) is 3.96. The summed E-state index contributed by atoms with van der Waals surface area (Å²) in [6.45, 7) is 5.30. The zero-order valence-electron chi connectivity index (χ0n) is 7.92. The molecule has 13 heavy (non-hydrogen) atoms. The van der Waals surface area contributed by atoms with Crippen molar-refractivity contribution in [3.8, 4) is 0 Å². The van der Waals surface area contributed by atoms with Crippen LogP contribution in [0.5, 0.6) is 0 Å². The molecule has 0 aliphatic rings. The highest BCUT2D eigenvalue weighted by molar-refractivity contribution is 6.29. The lowest BCUT2D eigenvalue weighted by Crippen LogP contribution is -2.06. The third kappa shape index (κ3) is 4.08. The molecule has 0 saturated heterocycles. The molecule has 0 unspecified atom stereocenters. The molecule has 0 spiro atoms. The number of nitrogens with one attached hydrogen (secondary N) is 1. The Labute approximate surface area is 83.5 Å². The van der Waals surface area contributed by atoms with Crippen LogP contribution in [0.25, 0.3) is 0 Å². The first-order valence-corrected chi connectivity index (χ1v) is 4.79. The molecule has 3 nitrogen and oxygen atoms in total. The number of rotatable bonds is 4. The molecule has 0 bridgehead atoms. The maximum atomic E-state index is 5.59. The zero-order valence-corrected chi connectivity index (χ0v) is 8.67. The highest BCUT2D eigenvalue weighted by Crippen LogP contribution is 2.06. The van der Waals surface area contributed by atoms with Crippen LogP contribution < -0.4 is 5.32 Å². The topological polar surface area (TPSA) is 37.8 Å². The fourth-order valence-electron chi connectivity index (χ4n) is 0.899. The van der Waals surface area contributed by atoms with Crippen molar-refractivity contribution >= 4 is 17.4 Å². The van der Waals surface area contributed by atoms with Gasteiger partial charge in [0, 0.05) is 6.54 Å². The van der Waals surface area contributed by atoms with Gasteiger partial charge in [-0.15, -0.1) is 10.2 Å². The fourth-order valence-corrected chi connectivity index (χ4v) is 1.000. The summed E-state index contributed by atoms with van der Waals surface area (Å²) in [6, 6.07) is 3.56. The van der Waals surface area contributed by atoms with Crippen LogP contribution in [0.1, 0.15) is 20.3 Å². The van der Waals surface area contributed by atoms with E-state index in [1.54, 1.807) is 6.07 Å². The summed E-state index contributed by atoms with van der Waals surface area (Å²) in [4.78, 5) is 0. The summed E-state index contributed by atoms with van der Waals surface area (Å²) < 4.78 is 0. The monoisotopic (exact) mass is 199 g/mol. The van der Waals surface area contributed by atoms with Crippen molar-refractivity contribution in [2.45, 2.75) is 20.3 Å². The summed E-state index contributed by atoms with van der Waals surface area (Å²) in [5, 5.41) is 11.2. The van der Waals surface area contributed by atoms with E-state index in [-0.39, 0.29) is 0 Å². The van der Waals surface area contributed by atoms with Gasteiger partial charge in [-0.2, -0.15) is 0 Å². The molecule has 0 fully saturated rings. The minimum atomic E-state index is 0.425. The molecule has 0 atom stereocenters.